The lowest BCUT2D eigenvalue weighted by molar-refractivity contribution is 0.0515. The molecule has 3 nitrogen and oxygen atoms in total. The van der Waals surface area contributed by atoms with Crippen LogP contribution in [0.5, 0.6) is 0 Å². The van der Waals surface area contributed by atoms with E-state index in [1.165, 1.54) is 38.9 Å². The highest BCUT2D eigenvalue weighted by atomic mass is 15.3. The van der Waals surface area contributed by atoms with Gasteiger partial charge in [-0.15, -0.1) is 0 Å². The molecule has 0 aliphatic carbocycles. The topological polar surface area (TPSA) is 20.6 Å². The van der Waals surface area contributed by atoms with Crippen molar-refractivity contribution in [3.05, 3.63) is 0 Å². The monoisotopic (exact) mass is 210 g/mol. The Morgan fingerprint density at radius 2 is 1.93 bits per heavy atom. The molecule has 3 heteroatoms. The van der Waals surface area contributed by atoms with Crippen LogP contribution in [0.1, 0.15) is 26.2 Å². The van der Waals surface area contributed by atoms with E-state index in [0.29, 0.717) is 0 Å². The zero-order chi connectivity index (χ0) is 10.7. The predicted molar refractivity (Wildman–Crippen MR) is 63.2 cm³/mol. The van der Waals surface area contributed by atoms with E-state index >= 15 is 0 Å². The van der Waals surface area contributed by atoms with Gasteiger partial charge in [-0.05, 0) is 26.3 Å². The zero-order valence-electron chi connectivity index (χ0n) is 10.2. The number of hydrogen-bond acceptors (Lipinski definition) is 2. The SMILES string of the molecule is CCC1CN(C2CC[N]CC2)CCN1C. The van der Waals surface area contributed by atoms with Crippen molar-refractivity contribution in [2.24, 2.45) is 0 Å². The molecule has 2 rings (SSSR count). The number of hydrogen-bond donors (Lipinski definition) is 0. The average molecular weight is 210 g/mol. The van der Waals surface area contributed by atoms with Crippen molar-refractivity contribution in [3.63, 3.8) is 0 Å². The van der Waals surface area contributed by atoms with E-state index in [4.69, 9.17) is 0 Å². The number of piperidine rings is 1. The van der Waals surface area contributed by atoms with Crippen molar-refractivity contribution in [2.45, 2.75) is 38.3 Å². The van der Waals surface area contributed by atoms with Gasteiger partial charge in [0.25, 0.3) is 0 Å². The lowest BCUT2D eigenvalue weighted by Gasteiger charge is -2.43. The van der Waals surface area contributed by atoms with Gasteiger partial charge >= 0.3 is 0 Å². The summed E-state index contributed by atoms with van der Waals surface area (Å²) in [5, 5.41) is 4.44. The number of nitrogens with zero attached hydrogens (tertiary/aromatic N) is 3. The molecular weight excluding hydrogens is 186 g/mol. The Bertz CT molecular complexity index is 189. The summed E-state index contributed by atoms with van der Waals surface area (Å²) in [4.78, 5) is 5.23. The molecule has 2 heterocycles. The third kappa shape index (κ3) is 2.71. The normalized spacial score (nSPS) is 32.0. The third-order valence-electron chi connectivity index (χ3n) is 4.04. The van der Waals surface area contributed by atoms with Crippen LogP contribution in [-0.4, -0.2) is 61.7 Å². The minimum absolute atomic E-state index is 0.776. The predicted octanol–water partition coefficient (Wildman–Crippen LogP) is 0.779. The zero-order valence-corrected chi connectivity index (χ0v) is 10.2. The van der Waals surface area contributed by atoms with Crippen LogP contribution in [0.3, 0.4) is 0 Å². The molecule has 2 fully saturated rings. The van der Waals surface area contributed by atoms with Crippen LogP contribution in [0.15, 0.2) is 0 Å². The summed E-state index contributed by atoms with van der Waals surface area (Å²) in [5.41, 5.74) is 0. The molecule has 2 saturated heterocycles. The molecule has 0 aromatic rings. The number of rotatable bonds is 2. The number of likely N-dealkylation sites (N-methyl/N-ethyl adjacent to an activating group) is 1. The van der Waals surface area contributed by atoms with Crippen molar-refractivity contribution in [1.82, 2.24) is 15.1 Å². The van der Waals surface area contributed by atoms with E-state index in [2.05, 4.69) is 29.1 Å². The maximum absolute atomic E-state index is 4.44. The van der Waals surface area contributed by atoms with Gasteiger partial charge in [-0.1, -0.05) is 6.92 Å². The minimum atomic E-state index is 0.776. The Kier molecular flexibility index (Phi) is 4.00. The molecule has 2 aliphatic heterocycles. The van der Waals surface area contributed by atoms with Gasteiger partial charge in [0.1, 0.15) is 0 Å². The molecule has 1 unspecified atom stereocenters. The van der Waals surface area contributed by atoms with E-state index in [1.54, 1.807) is 0 Å². The molecule has 0 saturated carbocycles. The smallest absolute Gasteiger partial charge is 0.0218 e. The van der Waals surface area contributed by atoms with Gasteiger partial charge in [-0.2, -0.15) is 0 Å². The van der Waals surface area contributed by atoms with Crippen molar-refractivity contribution < 1.29 is 0 Å². The van der Waals surface area contributed by atoms with Gasteiger partial charge in [0.15, 0.2) is 0 Å². The summed E-state index contributed by atoms with van der Waals surface area (Å²) in [6.07, 6.45) is 3.87. The van der Waals surface area contributed by atoms with Crippen molar-refractivity contribution in [1.29, 1.82) is 0 Å². The van der Waals surface area contributed by atoms with Crippen LogP contribution >= 0.6 is 0 Å². The first-order valence-corrected chi connectivity index (χ1v) is 6.38. The molecule has 0 spiro atoms. The highest BCUT2D eigenvalue weighted by Crippen LogP contribution is 2.18. The summed E-state index contributed by atoms with van der Waals surface area (Å²) in [7, 11) is 2.27. The van der Waals surface area contributed by atoms with E-state index in [1.807, 2.05) is 0 Å². The molecule has 0 aromatic heterocycles. The molecule has 1 radical (unpaired) electrons. The second-order valence-corrected chi connectivity index (χ2v) is 4.94. The first-order chi connectivity index (χ1) is 7.31. The van der Waals surface area contributed by atoms with Gasteiger partial charge in [0, 0.05) is 44.8 Å². The van der Waals surface area contributed by atoms with E-state index < -0.39 is 0 Å². The first kappa shape index (κ1) is 11.4. The van der Waals surface area contributed by atoms with E-state index in [-0.39, 0.29) is 0 Å². The standard InChI is InChI=1S/C12H24N3/c1-3-11-10-15(9-8-14(11)2)12-4-6-13-7-5-12/h11-12H,3-10H2,1-2H3. The molecule has 0 N–H and O–H groups in total. The summed E-state index contributed by atoms with van der Waals surface area (Å²) in [6.45, 7) is 8.27. The molecule has 0 bridgehead atoms. The van der Waals surface area contributed by atoms with E-state index in [0.717, 1.165) is 25.2 Å². The van der Waals surface area contributed by atoms with Crippen LogP contribution in [0.25, 0.3) is 0 Å². The van der Waals surface area contributed by atoms with Crippen molar-refractivity contribution in [2.75, 3.05) is 39.8 Å². The fourth-order valence-corrected chi connectivity index (χ4v) is 2.84. The van der Waals surface area contributed by atoms with Gasteiger partial charge in [-0.25, -0.2) is 5.32 Å². The van der Waals surface area contributed by atoms with Crippen molar-refractivity contribution in [3.8, 4) is 0 Å². The lowest BCUT2D eigenvalue weighted by Crippen LogP contribution is -2.55. The first-order valence-electron chi connectivity index (χ1n) is 6.38. The van der Waals surface area contributed by atoms with Crippen LogP contribution < -0.4 is 5.32 Å². The summed E-state index contributed by atoms with van der Waals surface area (Å²) < 4.78 is 0. The van der Waals surface area contributed by atoms with Crippen molar-refractivity contribution >= 4 is 0 Å². The fraction of sp³-hybridized carbons (Fsp3) is 1.00. The summed E-state index contributed by atoms with van der Waals surface area (Å²) in [6, 6.07) is 1.60. The Hall–Kier alpha value is -0.120. The quantitative estimate of drug-likeness (QED) is 0.671. The Labute approximate surface area is 93.8 Å². The van der Waals surface area contributed by atoms with Crippen LogP contribution in [0.4, 0.5) is 0 Å². The minimum Gasteiger partial charge on any atom is -0.301 e. The van der Waals surface area contributed by atoms with Crippen LogP contribution in [-0.2, 0) is 0 Å². The summed E-state index contributed by atoms with van der Waals surface area (Å²) in [5.74, 6) is 0. The number of piperazine rings is 1. The largest absolute Gasteiger partial charge is 0.301 e. The molecule has 0 aromatic carbocycles. The molecule has 1 atom stereocenters. The fourth-order valence-electron chi connectivity index (χ4n) is 2.84. The Balaban J connectivity index is 1.87. The van der Waals surface area contributed by atoms with E-state index in [9.17, 15) is 0 Å². The van der Waals surface area contributed by atoms with Crippen LogP contribution in [0.2, 0.25) is 0 Å². The van der Waals surface area contributed by atoms with Crippen LogP contribution in [0, 0.1) is 0 Å². The highest BCUT2D eigenvalue weighted by molar-refractivity contribution is 4.85. The Morgan fingerprint density at radius 1 is 1.20 bits per heavy atom. The third-order valence-corrected chi connectivity index (χ3v) is 4.04. The average Bonchev–Trinajstić information content (AvgIpc) is 2.31. The maximum atomic E-state index is 4.44. The van der Waals surface area contributed by atoms with Gasteiger partial charge < -0.3 is 4.90 Å². The molecule has 87 valence electrons. The highest BCUT2D eigenvalue weighted by Gasteiger charge is 2.28. The second kappa shape index (κ2) is 5.28. The Morgan fingerprint density at radius 3 is 2.60 bits per heavy atom. The van der Waals surface area contributed by atoms with Gasteiger partial charge in [0.05, 0.1) is 0 Å². The molecule has 0 amide bonds. The second-order valence-electron chi connectivity index (χ2n) is 4.94. The van der Waals surface area contributed by atoms with Gasteiger partial charge in [-0.3, -0.25) is 4.90 Å². The maximum Gasteiger partial charge on any atom is 0.0218 e. The molecular formula is C12H24N3. The van der Waals surface area contributed by atoms with Gasteiger partial charge in [0.2, 0.25) is 0 Å². The summed E-state index contributed by atoms with van der Waals surface area (Å²) >= 11 is 0. The lowest BCUT2D eigenvalue weighted by atomic mass is 10.0. The molecule has 15 heavy (non-hydrogen) atoms. The molecule has 2 aliphatic rings.